The number of aromatic nitrogens is 1. The number of nitrogens with one attached hydrogen (secondary N) is 1. The lowest BCUT2D eigenvalue weighted by Crippen LogP contribution is -2.38. The van der Waals surface area contributed by atoms with Gasteiger partial charge in [-0.15, -0.1) is 0 Å². The van der Waals surface area contributed by atoms with Crippen molar-refractivity contribution in [1.82, 2.24) is 0 Å². The number of nitrogens with zero attached hydrogens (tertiary/aromatic N) is 1. The van der Waals surface area contributed by atoms with Crippen LogP contribution >= 0.6 is 34.2 Å². The molecular weight excluding hydrogens is 487 g/mol. The maximum atomic E-state index is 13.2. The van der Waals surface area contributed by atoms with Crippen LogP contribution in [0, 0.1) is 22.6 Å². The van der Waals surface area contributed by atoms with Crippen molar-refractivity contribution in [2.45, 2.75) is 53.9 Å². The lowest BCUT2D eigenvalue weighted by Gasteiger charge is -2.18. The number of carbonyl (C=O) groups is 1. The Bertz CT molecular complexity index is 914. The molecule has 28 heavy (non-hydrogen) atoms. The zero-order chi connectivity index (χ0) is 21.0. The summed E-state index contributed by atoms with van der Waals surface area (Å²) in [6.07, 6.45) is 5.93. The van der Waals surface area contributed by atoms with Gasteiger partial charge in [0.05, 0.1) is 5.02 Å². The van der Waals surface area contributed by atoms with Crippen molar-refractivity contribution in [1.29, 1.82) is 0 Å². The fourth-order valence-corrected chi connectivity index (χ4v) is 4.49. The van der Waals surface area contributed by atoms with Crippen LogP contribution in [0.3, 0.4) is 0 Å². The lowest BCUT2D eigenvalue weighted by molar-refractivity contribution is -0.619. The molecule has 0 unspecified atom stereocenters. The van der Waals surface area contributed by atoms with Crippen LogP contribution in [0.25, 0.3) is 0 Å². The van der Waals surface area contributed by atoms with E-state index in [1.807, 2.05) is 19.1 Å². The average molecular weight is 513 g/mol. The van der Waals surface area contributed by atoms with Crippen LogP contribution in [0.1, 0.15) is 59.2 Å². The minimum absolute atomic E-state index is 0.240. The van der Waals surface area contributed by atoms with Gasteiger partial charge < -0.3 is 10.5 Å². The third kappa shape index (κ3) is 4.51. The maximum absolute atomic E-state index is 13.2. The van der Waals surface area contributed by atoms with E-state index in [1.54, 1.807) is 13.8 Å². The van der Waals surface area contributed by atoms with Gasteiger partial charge in [-0.1, -0.05) is 37.6 Å². The van der Waals surface area contributed by atoms with E-state index in [-0.39, 0.29) is 11.5 Å². The Labute approximate surface area is 185 Å². The largest absolute Gasteiger partial charge is 0.618 e. The summed E-state index contributed by atoms with van der Waals surface area (Å²) in [5.74, 6) is -0.348. The summed E-state index contributed by atoms with van der Waals surface area (Å²) in [6, 6.07) is 4.15. The van der Waals surface area contributed by atoms with E-state index >= 15 is 0 Å². The fraction of sp³-hybridized carbons (Fsp3) is 0.364. The van der Waals surface area contributed by atoms with Gasteiger partial charge in [0.2, 0.25) is 5.69 Å². The first-order valence-electron chi connectivity index (χ1n) is 9.41. The highest BCUT2D eigenvalue weighted by Crippen LogP contribution is 2.30. The molecule has 0 aliphatic carbocycles. The molecule has 0 radical (unpaired) electrons. The Kier molecular flexibility index (Phi) is 7.89. The molecule has 0 spiro atoms. The Balaban J connectivity index is 2.58. The highest BCUT2D eigenvalue weighted by Gasteiger charge is 2.27. The summed E-state index contributed by atoms with van der Waals surface area (Å²) in [6.45, 7) is 9.40. The van der Waals surface area contributed by atoms with Crippen molar-refractivity contribution in [3.05, 3.63) is 71.7 Å². The average Bonchev–Trinajstić information content (AvgIpc) is 2.67. The third-order valence-corrected chi connectivity index (χ3v) is 5.98. The molecule has 1 N–H and O–H groups in total. The minimum atomic E-state index is -0.348. The van der Waals surface area contributed by atoms with Gasteiger partial charge in [0.15, 0.2) is 5.69 Å². The number of rotatable bonds is 6. The SMILES string of the molecule is CC=CCc1c(Cl)c(C(=O)Nc2c(CC)cc(I)cc2CC)c(C)[n+]([O-])c1C. The molecule has 4 nitrogen and oxygen atoms in total. The standard InChI is InChI=1S/C22H26ClIN2O2/c1-6-9-10-18-13(4)26(28)14(5)19(20(18)23)22(27)25-21-15(7-2)11-17(24)12-16(21)8-3/h6,9,11-12H,7-8,10H2,1-5H3,(H,25,27). The van der Waals surface area contributed by atoms with Crippen molar-refractivity contribution < 1.29 is 9.52 Å². The predicted octanol–water partition coefficient (Wildman–Crippen LogP) is 5.69. The predicted molar refractivity (Wildman–Crippen MR) is 124 cm³/mol. The summed E-state index contributed by atoms with van der Waals surface area (Å²) in [5, 5.41) is 16.0. The molecule has 0 fully saturated rings. The molecule has 0 aliphatic heterocycles. The topological polar surface area (TPSA) is 56.0 Å². The van der Waals surface area contributed by atoms with E-state index in [1.165, 1.54) is 0 Å². The highest BCUT2D eigenvalue weighted by molar-refractivity contribution is 14.1. The van der Waals surface area contributed by atoms with Crippen LogP contribution in [0.4, 0.5) is 5.69 Å². The van der Waals surface area contributed by atoms with Crippen molar-refractivity contribution in [2.24, 2.45) is 0 Å². The molecule has 1 aromatic heterocycles. The molecule has 0 aliphatic rings. The fourth-order valence-electron chi connectivity index (χ4n) is 3.30. The molecule has 150 valence electrons. The van der Waals surface area contributed by atoms with Gasteiger partial charge in [0, 0.05) is 28.7 Å². The Hall–Kier alpha value is -1.60. The maximum Gasteiger partial charge on any atom is 0.263 e. The molecule has 0 saturated heterocycles. The minimum Gasteiger partial charge on any atom is -0.618 e. The molecule has 1 aromatic carbocycles. The van der Waals surface area contributed by atoms with E-state index in [4.69, 9.17) is 11.6 Å². The second-order valence-electron chi connectivity index (χ2n) is 6.67. The second kappa shape index (κ2) is 9.74. The first-order chi connectivity index (χ1) is 13.3. The lowest BCUT2D eigenvalue weighted by atomic mass is 10.0. The number of halogens is 2. The Morgan fingerprint density at radius 2 is 1.79 bits per heavy atom. The Morgan fingerprint density at radius 1 is 1.21 bits per heavy atom. The smallest absolute Gasteiger partial charge is 0.263 e. The number of pyridine rings is 1. The van der Waals surface area contributed by atoms with E-state index in [0.717, 1.165) is 38.0 Å². The summed E-state index contributed by atoms with van der Waals surface area (Å²) >= 11 is 8.90. The normalized spacial score (nSPS) is 11.2. The molecule has 2 rings (SSSR count). The van der Waals surface area contributed by atoms with E-state index in [2.05, 4.69) is 53.9 Å². The molecule has 1 heterocycles. The zero-order valence-corrected chi connectivity index (χ0v) is 19.9. The summed E-state index contributed by atoms with van der Waals surface area (Å²) in [7, 11) is 0. The molecule has 2 aromatic rings. The molecular formula is C22H26ClIN2O2. The first kappa shape index (κ1) is 22.7. The van der Waals surface area contributed by atoms with Gasteiger partial charge in [-0.25, -0.2) is 0 Å². The number of aryl methyl sites for hydroxylation is 2. The van der Waals surface area contributed by atoms with Gasteiger partial charge in [-0.2, -0.15) is 4.73 Å². The number of benzene rings is 1. The Morgan fingerprint density at radius 3 is 2.29 bits per heavy atom. The van der Waals surface area contributed by atoms with Crippen LogP contribution in [0.5, 0.6) is 0 Å². The number of carbonyl (C=O) groups excluding carboxylic acids is 1. The quantitative estimate of drug-likeness (QED) is 0.234. The summed E-state index contributed by atoms with van der Waals surface area (Å²) in [4.78, 5) is 13.2. The van der Waals surface area contributed by atoms with Crippen LogP contribution in [0.2, 0.25) is 5.02 Å². The monoisotopic (exact) mass is 512 g/mol. The number of allylic oxidation sites excluding steroid dienone is 2. The molecule has 0 atom stereocenters. The zero-order valence-electron chi connectivity index (χ0n) is 17.0. The molecule has 1 amide bonds. The van der Waals surface area contributed by atoms with Gasteiger partial charge in [-0.3, -0.25) is 4.79 Å². The van der Waals surface area contributed by atoms with Gasteiger partial charge in [-0.05, 0) is 72.0 Å². The van der Waals surface area contributed by atoms with Crippen molar-refractivity contribution in [3.63, 3.8) is 0 Å². The van der Waals surface area contributed by atoms with Crippen LogP contribution in [0.15, 0.2) is 24.3 Å². The second-order valence-corrected chi connectivity index (χ2v) is 8.29. The molecule has 0 saturated carbocycles. The summed E-state index contributed by atoms with van der Waals surface area (Å²) in [5.41, 5.74) is 4.72. The third-order valence-electron chi connectivity index (χ3n) is 4.94. The number of anilines is 1. The van der Waals surface area contributed by atoms with Crippen molar-refractivity contribution in [2.75, 3.05) is 5.32 Å². The van der Waals surface area contributed by atoms with Gasteiger partial charge in [0.1, 0.15) is 5.56 Å². The number of hydrogen-bond acceptors (Lipinski definition) is 2. The van der Waals surface area contributed by atoms with Gasteiger partial charge in [0.25, 0.3) is 5.91 Å². The van der Waals surface area contributed by atoms with E-state index in [9.17, 15) is 10.0 Å². The van der Waals surface area contributed by atoms with Crippen LogP contribution < -0.4 is 10.0 Å². The van der Waals surface area contributed by atoms with Crippen molar-refractivity contribution in [3.8, 4) is 0 Å². The molecule has 0 bridgehead atoms. The highest BCUT2D eigenvalue weighted by atomic mass is 127. The van der Waals surface area contributed by atoms with Gasteiger partial charge >= 0.3 is 0 Å². The number of hydrogen-bond donors (Lipinski definition) is 1. The van der Waals surface area contributed by atoms with E-state index < -0.39 is 0 Å². The van der Waals surface area contributed by atoms with E-state index in [0.29, 0.717) is 28.4 Å². The number of amides is 1. The van der Waals surface area contributed by atoms with Crippen LogP contribution in [-0.4, -0.2) is 5.91 Å². The van der Waals surface area contributed by atoms with Crippen LogP contribution in [-0.2, 0) is 19.3 Å². The first-order valence-corrected chi connectivity index (χ1v) is 10.9. The van der Waals surface area contributed by atoms with Crippen molar-refractivity contribution >= 4 is 45.8 Å². The summed E-state index contributed by atoms with van der Waals surface area (Å²) < 4.78 is 1.94. The molecule has 6 heteroatoms.